The van der Waals surface area contributed by atoms with Crippen LogP contribution in [0.4, 0.5) is 0 Å². The van der Waals surface area contributed by atoms with Crippen molar-refractivity contribution in [1.29, 1.82) is 0 Å². The Morgan fingerprint density at radius 3 is 1.19 bits per heavy atom. The van der Waals surface area contributed by atoms with Gasteiger partial charge in [-0.2, -0.15) is 0 Å². The van der Waals surface area contributed by atoms with Crippen LogP contribution in [0.15, 0.2) is 48.5 Å². The Morgan fingerprint density at radius 2 is 0.905 bits per heavy atom. The van der Waals surface area contributed by atoms with E-state index in [2.05, 4.69) is 33.0 Å². The Morgan fingerprint density at radius 1 is 0.595 bits per heavy atom. The molecule has 2 aromatic rings. The molecule has 1 unspecified atom stereocenters. The van der Waals surface area contributed by atoms with Gasteiger partial charge >= 0.3 is 0 Å². The van der Waals surface area contributed by atoms with Gasteiger partial charge in [0.05, 0.1) is 0 Å². The van der Waals surface area contributed by atoms with E-state index in [4.69, 9.17) is 10.7 Å². The maximum absolute atomic E-state index is 11.5. The molecule has 0 heterocycles. The topological polar surface area (TPSA) is 64.3 Å². The van der Waals surface area contributed by atoms with Crippen molar-refractivity contribution in [2.75, 3.05) is 7.05 Å². The molecule has 1 amide bonds. The lowest BCUT2D eigenvalue weighted by Crippen LogP contribution is -2.17. The maximum Gasteiger partial charge on any atom is 0.251 e. The zero-order valence-electron chi connectivity index (χ0n) is 28.3. The highest BCUT2D eigenvalue weighted by Crippen LogP contribution is 2.23. The van der Waals surface area contributed by atoms with Gasteiger partial charge in [0.2, 0.25) is 0 Å². The number of carbonyl (C=O) groups excluding carboxylic acids is 1. The van der Waals surface area contributed by atoms with Gasteiger partial charge in [-0.3, -0.25) is 9.63 Å². The van der Waals surface area contributed by atoms with Crippen molar-refractivity contribution >= 4 is 5.91 Å². The zero-order chi connectivity index (χ0) is 31.3. The number of rotatable bonds is 20. The van der Waals surface area contributed by atoms with Gasteiger partial charge in [-0.1, -0.05) is 180 Å². The highest BCUT2D eigenvalue weighted by molar-refractivity contribution is 5.94. The molecule has 4 nitrogen and oxygen atoms in total. The number of nitrogens with one attached hydrogen (secondary N) is 1. The van der Waals surface area contributed by atoms with E-state index in [0.29, 0.717) is 5.56 Å². The lowest BCUT2D eigenvalue weighted by Gasteiger charge is -2.10. The van der Waals surface area contributed by atoms with Crippen LogP contribution in [0.3, 0.4) is 0 Å². The second-order valence-electron chi connectivity index (χ2n) is 11.5. The average molecular weight is 583 g/mol. The Balaban J connectivity index is 0.000000656. The molecule has 240 valence electrons. The SMILES string of the molecule is CCCCCCCCCCC.CCCCCCCCCCC.CNC(=O)c1ccc(-c2ccc(C(C)ON)cc2)cc1. The van der Waals surface area contributed by atoms with Crippen molar-refractivity contribution in [2.24, 2.45) is 5.90 Å². The minimum Gasteiger partial charge on any atom is -0.355 e. The number of amides is 1. The molecule has 1 atom stereocenters. The molecular weight excluding hydrogens is 516 g/mol. The summed E-state index contributed by atoms with van der Waals surface area (Å²) in [5.41, 5.74) is 3.82. The number of nitrogens with two attached hydrogens (primary N) is 1. The normalized spacial score (nSPS) is 11.1. The molecule has 0 aliphatic rings. The third-order valence-electron chi connectivity index (χ3n) is 7.71. The number of carbonyl (C=O) groups is 1. The van der Waals surface area contributed by atoms with Crippen molar-refractivity contribution in [3.8, 4) is 11.1 Å². The summed E-state index contributed by atoms with van der Waals surface area (Å²) >= 11 is 0. The fraction of sp³-hybridized carbons (Fsp3) is 0.658. The van der Waals surface area contributed by atoms with Gasteiger partial charge in [0.1, 0.15) is 6.10 Å². The van der Waals surface area contributed by atoms with E-state index in [1.807, 2.05) is 55.5 Å². The van der Waals surface area contributed by atoms with Crippen molar-refractivity contribution in [1.82, 2.24) is 5.32 Å². The van der Waals surface area contributed by atoms with Crippen LogP contribution >= 0.6 is 0 Å². The summed E-state index contributed by atoms with van der Waals surface area (Å²) in [5.74, 6) is 5.09. The third-order valence-corrected chi connectivity index (χ3v) is 7.71. The zero-order valence-corrected chi connectivity index (χ0v) is 28.3. The van der Waals surface area contributed by atoms with Gasteiger partial charge < -0.3 is 5.32 Å². The van der Waals surface area contributed by atoms with E-state index < -0.39 is 0 Å². The predicted octanol–water partition coefficient (Wildman–Crippen LogP) is 11.7. The molecule has 0 fully saturated rings. The third kappa shape index (κ3) is 20.7. The first kappa shape index (κ1) is 39.8. The summed E-state index contributed by atoms with van der Waals surface area (Å²) in [6.45, 7) is 11.0. The van der Waals surface area contributed by atoms with Crippen molar-refractivity contribution in [3.63, 3.8) is 0 Å². The van der Waals surface area contributed by atoms with Gasteiger partial charge in [0, 0.05) is 12.6 Å². The number of unbranched alkanes of at least 4 members (excludes halogenated alkanes) is 16. The fourth-order valence-corrected chi connectivity index (χ4v) is 4.75. The second kappa shape index (κ2) is 28.9. The number of benzene rings is 2. The molecule has 0 aromatic heterocycles. The van der Waals surface area contributed by atoms with Crippen molar-refractivity contribution < 1.29 is 9.63 Å². The summed E-state index contributed by atoms with van der Waals surface area (Å²) in [5, 5.41) is 2.60. The molecule has 42 heavy (non-hydrogen) atoms. The molecule has 0 bridgehead atoms. The molecule has 0 saturated heterocycles. The quantitative estimate of drug-likeness (QED) is 0.120. The molecule has 0 aliphatic heterocycles. The molecule has 3 N–H and O–H groups in total. The van der Waals surface area contributed by atoms with Crippen LogP contribution in [0.1, 0.15) is 172 Å². The molecule has 0 saturated carbocycles. The first-order chi connectivity index (χ1) is 20.5. The van der Waals surface area contributed by atoms with Crippen LogP contribution in [0.5, 0.6) is 0 Å². The average Bonchev–Trinajstić information content (AvgIpc) is 3.04. The summed E-state index contributed by atoms with van der Waals surface area (Å²) in [6.07, 6.45) is 25.8. The van der Waals surface area contributed by atoms with Crippen LogP contribution in [-0.2, 0) is 4.84 Å². The summed E-state index contributed by atoms with van der Waals surface area (Å²) in [6, 6.07) is 15.5. The Labute approximate surface area is 260 Å². The van der Waals surface area contributed by atoms with Crippen LogP contribution in [0.2, 0.25) is 0 Å². The Bertz CT molecular complexity index is 814. The fourth-order valence-electron chi connectivity index (χ4n) is 4.75. The van der Waals surface area contributed by atoms with E-state index in [-0.39, 0.29) is 12.0 Å². The molecule has 2 aromatic carbocycles. The van der Waals surface area contributed by atoms with E-state index in [9.17, 15) is 4.79 Å². The monoisotopic (exact) mass is 583 g/mol. The standard InChI is InChI=1S/C16H18N2O2.2C11H24/c1-11(20-17)12-3-5-13(6-4-12)14-7-9-15(10-8-14)16(19)18-2;2*1-3-5-7-9-11-10-8-6-4-2/h3-11H,17H2,1-2H3,(H,18,19);2*3-11H2,1-2H3. The molecule has 2 rings (SSSR count). The van der Waals surface area contributed by atoms with Crippen LogP contribution < -0.4 is 11.2 Å². The second-order valence-corrected chi connectivity index (χ2v) is 11.5. The summed E-state index contributed by atoms with van der Waals surface area (Å²) in [7, 11) is 1.62. The van der Waals surface area contributed by atoms with Gasteiger partial charge in [-0.25, -0.2) is 5.90 Å². The van der Waals surface area contributed by atoms with E-state index in [1.54, 1.807) is 7.05 Å². The first-order valence-corrected chi connectivity index (χ1v) is 17.3. The number of hydrogen-bond donors (Lipinski definition) is 2. The van der Waals surface area contributed by atoms with Gasteiger partial charge in [-0.05, 0) is 35.7 Å². The molecular formula is C38H66N2O2. The van der Waals surface area contributed by atoms with E-state index in [0.717, 1.165) is 16.7 Å². The van der Waals surface area contributed by atoms with Gasteiger partial charge in [0.15, 0.2) is 0 Å². The van der Waals surface area contributed by atoms with Crippen molar-refractivity contribution in [3.05, 3.63) is 59.7 Å². The summed E-state index contributed by atoms with van der Waals surface area (Å²) in [4.78, 5) is 16.3. The maximum atomic E-state index is 11.5. The lowest BCUT2D eigenvalue weighted by molar-refractivity contribution is 0.0664. The molecule has 0 radical (unpaired) electrons. The Kier molecular flexibility index (Phi) is 27.4. The minimum atomic E-state index is -0.125. The highest BCUT2D eigenvalue weighted by Gasteiger charge is 2.06. The van der Waals surface area contributed by atoms with Gasteiger partial charge in [-0.15, -0.1) is 0 Å². The van der Waals surface area contributed by atoms with E-state index >= 15 is 0 Å². The molecule has 0 aliphatic carbocycles. The highest BCUT2D eigenvalue weighted by atomic mass is 16.6. The predicted molar refractivity (Wildman–Crippen MR) is 185 cm³/mol. The van der Waals surface area contributed by atoms with Crippen LogP contribution in [0.25, 0.3) is 11.1 Å². The lowest BCUT2D eigenvalue weighted by atomic mass is 10.0. The van der Waals surface area contributed by atoms with Gasteiger partial charge in [0.25, 0.3) is 5.91 Å². The van der Waals surface area contributed by atoms with Crippen molar-refractivity contribution in [2.45, 2.75) is 156 Å². The van der Waals surface area contributed by atoms with Crippen LogP contribution in [-0.4, -0.2) is 13.0 Å². The summed E-state index contributed by atoms with van der Waals surface area (Å²) < 4.78 is 0. The Hall–Kier alpha value is -2.17. The first-order valence-electron chi connectivity index (χ1n) is 17.3. The largest absolute Gasteiger partial charge is 0.355 e. The van der Waals surface area contributed by atoms with Crippen LogP contribution in [0, 0.1) is 0 Å². The smallest absolute Gasteiger partial charge is 0.251 e. The molecule has 4 heteroatoms. The van der Waals surface area contributed by atoms with E-state index in [1.165, 1.54) is 116 Å². The number of hydrogen-bond acceptors (Lipinski definition) is 3. The molecule has 0 spiro atoms. The minimum absolute atomic E-state index is 0.0826.